The van der Waals surface area contributed by atoms with Gasteiger partial charge in [-0.25, -0.2) is 13.8 Å². The lowest BCUT2D eigenvalue weighted by Crippen LogP contribution is -1.97. The second-order valence-electron chi connectivity index (χ2n) is 4.37. The molecule has 0 atom stereocenters. The van der Waals surface area contributed by atoms with Crippen LogP contribution in [0.15, 0.2) is 24.3 Å². The number of hydrogen-bond acceptors (Lipinski definition) is 3. The van der Waals surface area contributed by atoms with Crippen molar-refractivity contribution in [2.24, 2.45) is 0 Å². The van der Waals surface area contributed by atoms with E-state index in [2.05, 4.69) is 9.97 Å². The Labute approximate surface area is 113 Å². The smallest absolute Gasteiger partial charge is 0.224 e. The standard InChI is InChI=1S/C13H9ClF2N2O/c14-11-6-12(18-13(17-11)7-1-2-7)19-10-4-8(15)3-9(16)5-10/h3-7H,1-2H2. The Kier molecular flexibility index (Phi) is 3.06. The van der Waals surface area contributed by atoms with Gasteiger partial charge in [0.1, 0.15) is 28.4 Å². The number of benzene rings is 1. The van der Waals surface area contributed by atoms with Gasteiger partial charge in [-0.05, 0) is 12.8 Å². The first-order valence-corrected chi connectivity index (χ1v) is 6.16. The van der Waals surface area contributed by atoms with Crippen molar-refractivity contribution in [1.29, 1.82) is 0 Å². The van der Waals surface area contributed by atoms with Crippen LogP contribution in [0.3, 0.4) is 0 Å². The number of aromatic nitrogens is 2. The van der Waals surface area contributed by atoms with E-state index < -0.39 is 11.6 Å². The van der Waals surface area contributed by atoms with Crippen LogP contribution in [0.5, 0.6) is 11.6 Å². The van der Waals surface area contributed by atoms with Crippen LogP contribution in [0.1, 0.15) is 24.6 Å². The molecule has 1 aliphatic carbocycles. The highest BCUT2D eigenvalue weighted by atomic mass is 35.5. The van der Waals surface area contributed by atoms with Crippen LogP contribution in [0.25, 0.3) is 0 Å². The summed E-state index contributed by atoms with van der Waals surface area (Å²) in [5.74, 6) is -0.277. The van der Waals surface area contributed by atoms with Gasteiger partial charge < -0.3 is 4.74 Å². The summed E-state index contributed by atoms with van der Waals surface area (Å²) in [5.41, 5.74) is 0. The molecule has 3 nitrogen and oxygen atoms in total. The van der Waals surface area contributed by atoms with E-state index in [0.29, 0.717) is 11.7 Å². The largest absolute Gasteiger partial charge is 0.439 e. The molecule has 0 unspecified atom stereocenters. The quantitative estimate of drug-likeness (QED) is 0.796. The first-order valence-electron chi connectivity index (χ1n) is 5.78. The van der Waals surface area contributed by atoms with E-state index in [4.69, 9.17) is 16.3 Å². The molecule has 0 radical (unpaired) electrons. The third-order valence-corrected chi connectivity index (χ3v) is 2.88. The fourth-order valence-electron chi connectivity index (χ4n) is 1.70. The van der Waals surface area contributed by atoms with Crippen molar-refractivity contribution in [1.82, 2.24) is 9.97 Å². The van der Waals surface area contributed by atoms with E-state index in [9.17, 15) is 8.78 Å². The normalized spacial score (nSPS) is 14.5. The highest BCUT2D eigenvalue weighted by Gasteiger charge is 2.27. The molecule has 0 saturated heterocycles. The Morgan fingerprint density at radius 2 is 1.74 bits per heavy atom. The zero-order chi connectivity index (χ0) is 13.4. The van der Waals surface area contributed by atoms with Crippen LogP contribution < -0.4 is 4.74 Å². The molecule has 98 valence electrons. The van der Waals surface area contributed by atoms with Crippen molar-refractivity contribution in [3.8, 4) is 11.6 Å². The van der Waals surface area contributed by atoms with E-state index in [1.807, 2.05) is 0 Å². The maximum Gasteiger partial charge on any atom is 0.224 e. The van der Waals surface area contributed by atoms with E-state index in [1.54, 1.807) is 0 Å². The molecule has 1 heterocycles. The van der Waals surface area contributed by atoms with Gasteiger partial charge in [0.15, 0.2) is 0 Å². The SMILES string of the molecule is Fc1cc(F)cc(Oc2cc(Cl)nc(C3CC3)n2)c1. The zero-order valence-corrected chi connectivity index (χ0v) is 10.5. The molecule has 1 saturated carbocycles. The summed E-state index contributed by atoms with van der Waals surface area (Å²) in [6.07, 6.45) is 2.04. The topological polar surface area (TPSA) is 35.0 Å². The van der Waals surface area contributed by atoms with Crippen LogP contribution >= 0.6 is 11.6 Å². The van der Waals surface area contributed by atoms with Gasteiger partial charge in [0.2, 0.25) is 5.88 Å². The summed E-state index contributed by atoms with van der Waals surface area (Å²) in [4.78, 5) is 8.29. The van der Waals surface area contributed by atoms with Gasteiger partial charge in [0.05, 0.1) is 0 Å². The van der Waals surface area contributed by atoms with Crippen LogP contribution in [-0.2, 0) is 0 Å². The molecule has 0 spiro atoms. The minimum atomic E-state index is -0.711. The highest BCUT2D eigenvalue weighted by Crippen LogP contribution is 2.39. The Morgan fingerprint density at radius 1 is 1.05 bits per heavy atom. The summed E-state index contributed by atoms with van der Waals surface area (Å²) in [6.45, 7) is 0. The number of ether oxygens (including phenoxy) is 1. The van der Waals surface area contributed by atoms with Gasteiger partial charge >= 0.3 is 0 Å². The van der Waals surface area contributed by atoms with Crippen LogP contribution in [0, 0.1) is 11.6 Å². The molecule has 0 amide bonds. The third-order valence-electron chi connectivity index (χ3n) is 2.69. The fraction of sp³-hybridized carbons (Fsp3) is 0.231. The van der Waals surface area contributed by atoms with Crippen molar-refractivity contribution in [3.63, 3.8) is 0 Å². The molecule has 3 rings (SSSR count). The lowest BCUT2D eigenvalue weighted by molar-refractivity contribution is 0.447. The van der Waals surface area contributed by atoms with Gasteiger partial charge in [0, 0.05) is 30.2 Å². The highest BCUT2D eigenvalue weighted by molar-refractivity contribution is 6.29. The average Bonchev–Trinajstić information content (AvgIpc) is 3.09. The van der Waals surface area contributed by atoms with Crippen LogP contribution in [-0.4, -0.2) is 9.97 Å². The van der Waals surface area contributed by atoms with Gasteiger partial charge in [0.25, 0.3) is 0 Å². The Bertz CT molecular complexity index is 612. The molecular formula is C13H9ClF2N2O. The van der Waals surface area contributed by atoms with E-state index in [-0.39, 0.29) is 16.8 Å². The first-order chi connectivity index (χ1) is 9.10. The van der Waals surface area contributed by atoms with Crippen molar-refractivity contribution < 1.29 is 13.5 Å². The lowest BCUT2D eigenvalue weighted by Gasteiger charge is -2.07. The minimum Gasteiger partial charge on any atom is -0.439 e. The number of nitrogens with zero attached hydrogens (tertiary/aromatic N) is 2. The molecule has 1 fully saturated rings. The molecule has 1 aromatic heterocycles. The van der Waals surface area contributed by atoms with Gasteiger partial charge in [-0.2, -0.15) is 4.98 Å². The Hall–Kier alpha value is -1.75. The van der Waals surface area contributed by atoms with Gasteiger partial charge in [-0.1, -0.05) is 11.6 Å². The summed E-state index contributed by atoms with van der Waals surface area (Å²) < 4.78 is 31.4. The molecule has 1 aliphatic rings. The minimum absolute atomic E-state index is 0.0361. The maximum absolute atomic E-state index is 13.0. The summed E-state index contributed by atoms with van der Waals surface area (Å²) in [5, 5.41) is 0.253. The van der Waals surface area contributed by atoms with Crippen molar-refractivity contribution in [3.05, 3.63) is 46.9 Å². The molecular weight excluding hydrogens is 274 g/mol. The van der Waals surface area contributed by atoms with Gasteiger partial charge in [-0.3, -0.25) is 0 Å². The maximum atomic E-state index is 13.0. The van der Waals surface area contributed by atoms with Crippen LogP contribution in [0.2, 0.25) is 5.15 Å². The van der Waals surface area contributed by atoms with E-state index in [1.165, 1.54) is 6.07 Å². The molecule has 2 aromatic rings. The van der Waals surface area contributed by atoms with Crippen molar-refractivity contribution >= 4 is 11.6 Å². The molecule has 19 heavy (non-hydrogen) atoms. The second-order valence-corrected chi connectivity index (χ2v) is 4.76. The van der Waals surface area contributed by atoms with Crippen molar-refractivity contribution in [2.45, 2.75) is 18.8 Å². The zero-order valence-electron chi connectivity index (χ0n) is 9.74. The predicted molar refractivity (Wildman–Crippen MR) is 65.4 cm³/mol. The molecule has 0 bridgehead atoms. The molecule has 1 aromatic carbocycles. The monoisotopic (exact) mass is 282 g/mol. The van der Waals surface area contributed by atoms with E-state index >= 15 is 0 Å². The van der Waals surface area contributed by atoms with Crippen molar-refractivity contribution in [2.75, 3.05) is 0 Å². The number of halogens is 3. The Balaban J connectivity index is 1.89. The fourth-order valence-corrected chi connectivity index (χ4v) is 1.88. The third kappa shape index (κ3) is 2.98. The molecule has 0 N–H and O–H groups in total. The second kappa shape index (κ2) is 4.74. The molecule has 0 aliphatic heterocycles. The van der Waals surface area contributed by atoms with Crippen LogP contribution in [0.4, 0.5) is 8.78 Å². The Morgan fingerprint density at radius 3 is 2.37 bits per heavy atom. The molecule has 6 heteroatoms. The lowest BCUT2D eigenvalue weighted by atomic mass is 10.3. The predicted octanol–water partition coefficient (Wildman–Crippen LogP) is 4.08. The van der Waals surface area contributed by atoms with E-state index in [0.717, 1.165) is 31.0 Å². The first kappa shape index (κ1) is 12.3. The summed E-state index contributed by atoms with van der Waals surface area (Å²) in [6, 6.07) is 4.34. The van der Waals surface area contributed by atoms with Gasteiger partial charge in [-0.15, -0.1) is 0 Å². The average molecular weight is 283 g/mol. The number of hydrogen-bond donors (Lipinski definition) is 0. The summed E-state index contributed by atoms with van der Waals surface area (Å²) in [7, 11) is 0. The summed E-state index contributed by atoms with van der Waals surface area (Å²) >= 11 is 5.87. The number of rotatable bonds is 3.